The van der Waals surface area contributed by atoms with Crippen LogP contribution in [0.1, 0.15) is 48.9 Å². The normalized spacial score (nSPS) is 18.8. The highest BCUT2D eigenvalue weighted by molar-refractivity contribution is 6.16. The number of halogens is 2. The number of anilines is 1. The molecule has 1 aromatic heterocycles. The summed E-state index contributed by atoms with van der Waals surface area (Å²) in [6, 6.07) is 10.1. The summed E-state index contributed by atoms with van der Waals surface area (Å²) in [5.41, 5.74) is 8.01. The molecule has 7 nitrogen and oxygen atoms in total. The number of hydrogen-bond acceptors (Lipinski definition) is 6. The first-order chi connectivity index (χ1) is 16.9. The molecule has 1 aliphatic carbocycles. The summed E-state index contributed by atoms with van der Waals surface area (Å²) >= 11 is 0. The van der Waals surface area contributed by atoms with E-state index in [9.17, 15) is 9.18 Å². The summed E-state index contributed by atoms with van der Waals surface area (Å²) in [6.45, 7) is 2.05. The van der Waals surface area contributed by atoms with Crippen molar-refractivity contribution < 1.29 is 18.3 Å². The molecule has 0 saturated heterocycles. The molecule has 0 radical (unpaired) electrons. The van der Waals surface area contributed by atoms with E-state index in [1.165, 1.54) is 30.6 Å². The Hall–Kier alpha value is -3.88. The summed E-state index contributed by atoms with van der Waals surface area (Å²) < 4.78 is 34.3. The first-order valence-electron chi connectivity index (χ1n) is 11.4. The SMILES string of the molecule is C/N=C(/c1ccc(Oc2cccc(F)c2)cc1F)c1c(N)ncnc1C(C)C1CCC(NC=O)C1. The number of benzene rings is 2. The predicted octanol–water partition coefficient (Wildman–Crippen LogP) is 4.61. The number of hydrogen-bond donors (Lipinski definition) is 2. The summed E-state index contributed by atoms with van der Waals surface area (Å²) in [7, 11) is 1.56. The Morgan fingerprint density at radius 1 is 1.20 bits per heavy atom. The largest absolute Gasteiger partial charge is 0.457 e. The van der Waals surface area contributed by atoms with Crippen LogP contribution in [0.3, 0.4) is 0 Å². The molecule has 0 bridgehead atoms. The Morgan fingerprint density at radius 2 is 2.00 bits per heavy atom. The van der Waals surface area contributed by atoms with Gasteiger partial charge in [0, 0.05) is 36.7 Å². The second kappa shape index (κ2) is 10.6. The smallest absolute Gasteiger partial charge is 0.207 e. The first-order valence-corrected chi connectivity index (χ1v) is 11.4. The Balaban J connectivity index is 1.65. The van der Waals surface area contributed by atoms with E-state index in [2.05, 4.69) is 27.2 Å². The minimum Gasteiger partial charge on any atom is -0.457 e. The van der Waals surface area contributed by atoms with E-state index in [-0.39, 0.29) is 40.8 Å². The lowest BCUT2D eigenvalue weighted by Gasteiger charge is -2.23. The molecule has 1 amide bonds. The number of carbonyl (C=O) groups is 1. The van der Waals surface area contributed by atoms with Crippen LogP contribution < -0.4 is 15.8 Å². The molecule has 1 heterocycles. The van der Waals surface area contributed by atoms with Gasteiger partial charge in [-0.2, -0.15) is 0 Å². The van der Waals surface area contributed by atoms with Crippen LogP contribution in [-0.4, -0.2) is 35.2 Å². The van der Waals surface area contributed by atoms with Crippen molar-refractivity contribution in [3.8, 4) is 11.5 Å². The number of nitrogens with two attached hydrogens (primary N) is 1. The number of aromatic nitrogens is 2. The van der Waals surface area contributed by atoms with Gasteiger partial charge in [-0.25, -0.2) is 18.7 Å². The maximum absolute atomic E-state index is 15.3. The Kier molecular flexibility index (Phi) is 7.33. The van der Waals surface area contributed by atoms with Crippen molar-refractivity contribution in [3.05, 3.63) is 77.2 Å². The number of rotatable bonds is 8. The molecule has 35 heavy (non-hydrogen) atoms. The third-order valence-electron chi connectivity index (χ3n) is 6.51. The second-order valence-corrected chi connectivity index (χ2v) is 8.64. The van der Waals surface area contributed by atoms with Crippen LogP contribution in [0.5, 0.6) is 11.5 Å². The van der Waals surface area contributed by atoms with Crippen molar-refractivity contribution in [2.75, 3.05) is 12.8 Å². The van der Waals surface area contributed by atoms with E-state index in [4.69, 9.17) is 10.5 Å². The van der Waals surface area contributed by atoms with E-state index in [1.54, 1.807) is 25.2 Å². The van der Waals surface area contributed by atoms with Gasteiger partial charge in [-0.3, -0.25) is 9.79 Å². The number of ether oxygens (including phenoxy) is 1. The fourth-order valence-corrected chi connectivity index (χ4v) is 4.73. The topological polar surface area (TPSA) is 102 Å². The quantitative estimate of drug-likeness (QED) is 0.363. The van der Waals surface area contributed by atoms with Crippen LogP contribution in [0.25, 0.3) is 0 Å². The van der Waals surface area contributed by atoms with E-state index in [1.807, 2.05) is 0 Å². The highest BCUT2D eigenvalue weighted by Gasteiger charge is 2.33. The Bertz CT molecular complexity index is 1250. The number of carbonyl (C=O) groups excluding carboxylic acids is 1. The van der Waals surface area contributed by atoms with Crippen molar-refractivity contribution in [2.24, 2.45) is 10.9 Å². The van der Waals surface area contributed by atoms with Crippen LogP contribution in [0.2, 0.25) is 0 Å². The molecular weight excluding hydrogens is 452 g/mol. The van der Waals surface area contributed by atoms with Gasteiger partial charge in [-0.1, -0.05) is 13.0 Å². The molecule has 9 heteroatoms. The maximum atomic E-state index is 15.3. The van der Waals surface area contributed by atoms with Gasteiger partial charge in [0.05, 0.1) is 17.0 Å². The van der Waals surface area contributed by atoms with Gasteiger partial charge in [-0.05, 0) is 49.4 Å². The molecule has 4 rings (SSSR count). The van der Waals surface area contributed by atoms with Crippen molar-refractivity contribution in [2.45, 2.75) is 38.1 Å². The predicted molar refractivity (Wildman–Crippen MR) is 130 cm³/mol. The Morgan fingerprint density at radius 3 is 2.71 bits per heavy atom. The molecule has 3 N–H and O–H groups in total. The summed E-state index contributed by atoms with van der Waals surface area (Å²) in [5.74, 6) is -0.0681. The fraction of sp³-hybridized carbons (Fsp3) is 0.308. The summed E-state index contributed by atoms with van der Waals surface area (Å²) in [5, 5.41) is 2.86. The van der Waals surface area contributed by atoms with E-state index in [0.29, 0.717) is 17.0 Å². The molecule has 1 aliphatic rings. The maximum Gasteiger partial charge on any atom is 0.207 e. The lowest BCUT2D eigenvalue weighted by molar-refractivity contribution is -0.110. The number of nitrogen functional groups attached to an aromatic ring is 1. The van der Waals surface area contributed by atoms with Crippen molar-refractivity contribution in [1.82, 2.24) is 15.3 Å². The molecule has 1 saturated carbocycles. The molecule has 0 aliphatic heterocycles. The first kappa shape index (κ1) is 24.3. The highest BCUT2D eigenvalue weighted by Crippen LogP contribution is 2.39. The van der Waals surface area contributed by atoms with Crippen LogP contribution in [0, 0.1) is 17.6 Å². The van der Waals surface area contributed by atoms with Crippen molar-refractivity contribution in [3.63, 3.8) is 0 Å². The van der Waals surface area contributed by atoms with Crippen molar-refractivity contribution in [1.29, 1.82) is 0 Å². The monoisotopic (exact) mass is 479 g/mol. The minimum absolute atomic E-state index is 0.0100. The average molecular weight is 480 g/mol. The number of nitrogens with zero attached hydrogens (tertiary/aromatic N) is 3. The van der Waals surface area contributed by atoms with Gasteiger partial charge >= 0.3 is 0 Å². The van der Waals surface area contributed by atoms with Gasteiger partial charge in [0.25, 0.3) is 0 Å². The minimum atomic E-state index is -0.572. The summed E-state index contributed by atoms with van der Waals surface area (Å²) in [4.78, 5) is 23.9. The molecule has 3 atom stereocenters. The molecule has 182 valence electrons. The lowest BCUT2D eigenvalue weighted by atomic mass is 9.85. The summed E-state index contributed by atoms with van der Waals surface area (Å²) in [6.07, 6.45) is 4.77. The van der Waals surface area contributed by atoms with Crippen LogP contribution in [-0.2, 0) is 4.79 Å². The molecule has 1 fully saturated rings. The standard InChI is InChI=1S/C26H27F2N5O2/c1-15(16-6-7-18(10-16)33-14-34)24-23(26(29)32-13-31-24)25(30-2)21-9-8-20(12-22(21)28)35-19-5-3-4-17(27)11-19/h3-5,8-9,11-16,18H,6-7,10H2,1-2H3,(H,33,34)(H2,29,31,32)/b30-25-. The zero-order valence-corrected chi connectivity index (χ0v) is 19.5. The zero-order chi connectivity index (χ0) is 24.9. The zero-order valence-electron chi connectivity index (χ0n) is 19.5. The van der Waals surface area contributed by atoms with E-state index < -0.39 is 11.6 Å². The van der Waals surface area contributed by atoms with Gasteiger partial charge in [0.15, 0.2) is 0 Å². The molecular formula is C26H27F2N5O2. The van der Waals surface area contributed by atoms with Gasteiger partial charge < -0.3 is 15.8 Å². The van der Waals surface area contributed by atoms with Crippen LogP contribution in [0.4, 0.5) is 14.6 Å². The molecule has 2 aromatic carbocycles. The lowest BCUT2D eigenvalue weighted by Crippen LogP contribution is -2.25. The molecule has 0 spiro atoms. The molecule has 3 aromatic rings. The van der Waals surface area contributed by atoms with Gasteiger partial charge in [0.1, 0.15) is 35.3 Å². The van der Waals surface area contributed by atoms with E-state index >= 15 is 4.39 Å². The highest BCUT2D eigenvalue weighted by atomic mass is 19.1. The van der Waals surface area contributed by atoms with Gasteiger partial charge in [0.2, 0.25) is 6.41 Å². The van der Waals surface area contributed by atoms with Crippen molar-refractivity contribution >= 4 is 17.9 Å². The number of aliphatic imine (C=N–C) groups is 1. The number of amides is 1. The third-order valence-corrected chi connectivity index (χ3v) is 6.51. The fourth-order valence-electron chi connectivity index (χ4n) is 4.73. The number of nitrogens with one attached hydrogen (secondary N) is 1. The third kappa shape index (κ3) is 5.29. The van der Waals surface area contributed by atoms with Crippen LogP contribution >= 0.6 is 0 Å². The Labute approximate surface area is 202 Å². The average Bonchev–Trinajstić information content (AvgIpc) is 3.30. The van der Waals surface area contributed by atoms with Gasteiger partial charge in [-0.15, -0.1) is 0 Å². The van der Waals surface area contributed by atoms with Crippen LogP contribution in [0.15, 0.2) is 53.8 Å². The molecule has 3 unspecified atom stereocenters. The second-order valence-electron chi connectivity index (χ2n) is 8.64. The van der Waals surface area contributed by atoms with E-state index in [0.717, 1.165) is 25.7 Å².